The van der Waals surface area contributed by atoms with Crippen LogP contribution in [-0.4, -0.2) is 30.0 Å². The molecule has 0 fully saturated rings. The summed E-state index contributed by atoms with van der Waals surface area (Å²) < 4.78 is 5.42. The number of nitrogen functional groups attached to an aromatic ring is 1. The third-order valence-corrected chi connectivity index (χ3v) is 2.51. The standard InChI is InChI=1S/C14H20N2O2/c1-4-9-16(11(2)3)14(17)10-18-13-7-5-12(15)6-8-13/h4-8,11H,1,9-10,15H2,2-3H3. The number of hydrogen-bond donors (Lipinski definition) is 1. The van der Waals surface area contributed by atoms with Gasteiger partial charge in [0.15, 0.2) is 6.61 Å². The predicted molar refractivity (Wildman–Crippen MR) is 73.4 cm³/mol. The van der Waals surface area contributed by atoms with Crippen molar-refractivity contribution >= 4 is 11.6 Å². The van der Waals surface area contributed by atoms with Gasteiger partial charge in [0.05, 0.1) is 0 Å². The molecule has 0 spiro atoms. The highest BCUT2D eigenvalue weighted by Crippen LogP contribution is 2.13. The lowest BCUT2D eigenvalue weighted by Crippen LogP contribution is -2.40. The minimum atomic E-state index is -0.0540. The zero-order chi connectivity index (χ0) is 13.5. The van der Waals surface area contributed by atoms with Gasteiger partial charge in [0, 0.05) is 18.3 Å². The molecule has 0 radical (unpaired) electrons. The van der Waals surface area contributed by atoms with Crippen molar-refractivity contribution in [2.45, 2.75) is 19.9 Å². The molecule has 18 heavy (non-hydrogen) atoms. The molecule has 0 aromatic heterocycles. The van der Waals surface area contributed by atoms with Crippen molar-refractivity contribution in [2.24, 2.45) is 0 Å². The lowest BCUT2D eigenvalue weighted by Gasteiger charge is -2.25. The number of ether oxygens (including phenoxy) is 1. The fraction of sp³-hybridized carbons (Fsp3) is 0.357. The van der Waals surface area contributed by atoms with E-state index in [-0.39, 0.29) is 18.6 Å². The molecule has 0 aliphatic heterocycles. The van der Waals surface area contributed by atoms with Gasteiger partial charge in [0.2, 0.25) is 0 Å². The van der Waals surface area contributed by atoms with Gasteiger partial charge in [0.25, 0.3) is 5.91 Å². The van der Waals surface area contributed by atoms with Crippen molar-refractivity contribution in [3.63, 3.8) is 0 Å². The van der Waals surface area contributed by atoms with E-state index in [1.165, 1.54) is 0 Å². The fourth-order valence-electron chi connectivity index (χ4n) is 1.53. The smallest absolute Gasteiger partial charge is 0.261 e. The lowest BCUT2D eigenvalue weighted by atomic mass is 10.3. The Morgan fingerprint density at radius 2 is 2.06 bits per heavy atom. The zero-order valence-corrected chi connectivity index (χ0v) is 10.9. The van der Waals surface area contributed by atoms with E-state index in [0.29, 0.717) is 18.0 Å². The van der Waals surface area contributed by atoms with Crippen molar-refractivity contribution in [3.8, 4) is 5.75 Å². The van der Waals surface area contributed by atoms with E-state index >= 15 is 0 Å². The summed E-state index contributed by atoms with van der Waals surface area (Å²) >= 11 is 0. The van der Waals surface area contributed by atoms with Crippen molar-refractivity contribution in [1.29, 1.82) is 0 Å². The molecule has 0 bridgehead atoms. The molecule has 0 unspecified atom stereocenters. The van der Waals surface area contributed by atoms with Crippen LogP contribution in [0.2, 0.25) is 0 Å². The van der Waals surface area contributed by atoms with Crippen LogP contribution in [0.15, 0.2) is 36.9 Å². The summed E-state index contributed by atoms with van der Waals surface area (Å²) in [6.45, 7) is 8.12. The van der Waals surface area contributed by atoms with Crippen molar-refractivity contribution < 1.29 is 9.53 Å². The Labute approximate surface area is 108 Å². The second kappa shape index (κ2) is 6.69. The number of nitrogens with zero attached hydrogens (tertiary/aromatic N) is 1. The maximum atomic E-state index is 11.9. The van der Waals surface area contributed by atoms with Crippen LogP contribution in [0.4, 0.5) is 5.69 Å². The minimum Gasteiger partial charge on any atom is -0.484 e. The van der Waals surface area contributed by atoms with Gasteiger partial charge in [-0.25, -0.2) is 0 Å². The van der Waals surface area contributed by atoms with Crippen molar-refractivity contribution in [2.75, 3.05) is 18.9 Å². The van der Waals surface area contributed by atoms with Crippen LogP contribution < -0.4 is 10.5 Å². The van der Waals surface area contributed by atoms with E-state index in [9.17, 15) is 4.79 Å². The van der Waals surface area contributed by atoms with E-state index < -0.39 is 0 Å². The third-order valence-electron chi connectivity index (χ3n) is 2.51. The Morgan fingerprint density at radius 3 is 2.56 bits per heavy atom. The molecule has 1 aromatic carbocycles. The van der Waals surface area contributed by atoms with Crippen molar-refractivity contribution in [1.82, 2.24) is 4.90 Å². The molecule has 1 amide bonds. The molecule has 4 heteroatoms. The second-order valence-electron chi connectivity index (χ2n) is 4.29. The topological polar surface area (TPSA) is 55.6 Å². The number of carbonyl (C=O) groups is 1. The maximum Gasteiger partial charge on any atom is 0.261 e. The molecule has 1 rings (SSSR count). The van der Waals surface area contributed by atoms with Gasteiger partial charge in [-0.1, -0.05) is 6.08 Å². The highest BCUT2D eigenvalue weighted by molar-refractivity contribution is 5.78. The molecule has 0 atom stereocenters. The summed E-state index contributed by atoms with van der Waals surface area (Å²) in [5, 5.41) is 0. The number of anilines is 1. The van der Waals surface area contributed by atoms with Crippen LogP contribution in [0.1, 0.15) is 13.8 Å². The normalized spacial score (nSPS) is 10.2. The van der Waals surface area contributed by atoms with E-state index in [1.54, 1.807) is 35.2 Å². The van der Waals surface area contributed by atoms with Gasteiger partial charge in [0.1, 0.15) is 5.75 Å². The molecule has 0 aliphatic carbocycles. The largest absolute Gasteiger partial charge is 0.484 e. The van der Waals surface area contributed by atoms with Gasteiger partial charge in [-0.15, -0.1) is 6.58 Å². The first-order valence-corrected chi connectivity index (χ1v) is 5.93. The monoisotopic (exact) mass is 248 g/mol. The Bertz CT molecular complexity index is 399. The molecule has 0 saturated heterocycles. The van der Waals surface area contributed by atoms with E-state index in [0.717, 1.165) is 0 Å². The third kappa shape index (κ3) is 4.13. The molecule has 4 nitrogen and oxygen atoms in total. The van der Waals surface area contributed by atoms with Crippen LogP contribution in [0, 0.1) is 0 Å². The number of hydrogen-bond acceptors (Lipinski definition) is 3. The molecule has 98 valence electrons. The lowest BCUT2D eigenvalue weighted by molar-refractivity contribution is -0.134. The highest BCUT2D eigenvalue weighted by Gasteiger charge is 2.15. The first-order valence-electron chi connectivity index (χ1n) is 5.93. The molecule has 0 aliphatic rings. The summed E-state index contributed by atoms with van der Waals surface area (Å²) in [5.41, 5.74) is 6.24. The maximum absolute atomic E-state index is 11.9. The highest BCUT2D eigenvalue weighted by atomic mass is 16.5. The van der Waals surface area contributed by atoms with E-state index in [1.807, 2.05) is 13.8 Å². The van der Waals surface area contributed by atoms with Crippen molar-refractivity contribution in [3.05, 3.63) is 36.9 Å². The first kappa shape index (κ1) is 14.1. The Balaban J connectivity index is 2.53. The van der Waals surface area contributed by atoms with Crippen LogP contribution in [0.25, 0.3) is 0 Å². The van der Waals surface area contributed by atoms with Crippen LogP contribution in [0.5, 0.6) is 5.75 Å². The number of amides is 1. The van der Waals surface area contributed by atoms with E-state index in [2.05, 4.69) is 6.58 Å². The van der Waals surface area contributed by atoms with Gasteiger partial charge in [-0.3, -0.25) is 4.79 Å². The molecular formula is C14H20N2O2. The van der Waals surface area contributed by atoms with Gasteiger partial charge >= 0.3 is 0 Å². The predicted octanol–water partition coefficient (Wildman–Crippen LogP) is 2.07. The second-order valence-corrected chi connectivity index (χ2v) is 4.29. The fourth-order valence-corrected chi connectivity index (χ4v) is 1.53. The molecule has 1 aromatic rings. The summed E-state index contributed by atoms with van der Waals surface area (Å²) in [6.07, 6.45) is 1.71. The first-order chi connectivity index (χ1) is 8.54. The summed E-state index contributed by atoms with van der Waals surface area (Å²) in [6, 6.07) is 7.10. The Kier molecular flexibility index (Phi) is 5.24. The number of benzene rings is 1. The minimum absolute atomic E-state index is 0.0237. The SMILES string of the molecule is C=CCN(C(=O)COc1ccc(N)cc1)C(C)C. The molecule has 0 saturated carbocycles. The molecular weight excluding hydrogens is 228 g/mol. The average Bonchev–Trinajstić information content (AvgIpc) is 2.34. The van der Waals surface area contributed by atoms with E-state index in [4.69, 9.17) is 10.5 Å². The van der Waals surface area contributed by atoms with Gasteiger partial charge in [-0.2, -0.15) is 0 Å². The van der Waals surface area contributed by atoms with Crippen LogP contribution in [-0.2, 0) is 4.79 Å². The number of nitrogens with two attached hydrogens (primary N) is 1. The number of rotatable bonds is 6. The summed E-state index contributed by atoms with van der Waals surface area (Å²) in [4.78, 5) is 13.7. The van der Waals surface area contributed by atoms with Gasteiger partial charge < -0.3 is 15.4 Å². The summed E-state index contributed by atoms with van der Waals surface area (Å²) in [7, 11) is 0. The molecule has 2 N–H and O–H groups in total. The average molecular weight is 248 g/mol. The Morgan fingerprint density at radius 1 is 1.44 bits per heavy atom. The zero-order valence-electron chi connectivity index (χ0n) is 10.9. The number of carbonyl (C=O) groups excluding carboxylic acids is 1. The van der Waals surface area contributed by atoms with Crippen LogP contribution in [0.3, 0.4) is 0 Å². The molecule has 0 heterocycles. The quantitative estimate of drug-likeness (QED) is 0.619. The Hall–Kier alpha value is -1.97. The van der Waals surface area contributed by atoms with Crippen LogP contribution >= 0.6 is 0 Å². The van der Waals surface area contributed by atoms with Gasteiger partial charge in [-0.05, 0) is 38.1 Å². The summed E-state index contributed by atoms with van der Waals surface area (Å²) in [5.74, 6) is 0.585.